The zero-order valence-corrected chi connectivity index (χ0v) is 7.89. The summed E-state index contributed by atoms with van der Waals surface area (Å²) in [4.78, 5) is 0. The van der Waals surface area contributed by atoms with Crippen molar-refractivity contribution >= 4 is 0 Å². The second-order valence-electron chi connectivity index (χ2n) is 3.25. The third-order valence-corrected chi connectivity index (χ3v) is 2.01. The smallest absolute Gasteiger partial charge is 0.396 e. The standard InChI is InChI=1S/C7H8F8O/c1-4(8,7(13,14)15)6(11,12)5(9,10)2-3-16/h16H,2-3H2,1H3. The molecule has 16 heavy (non-hydrogen) atoms. The van der Waals surface area contributed by atoms with Crippen molar-refractivity contribution in [3.8, 4) is 0 Å². The fraction of sp³-hybridized carbons (Fsp3) is 1.00. The van der Waals surface area contributed by atoms with Gasteiger partial charge in [0.2, 0.25) is 0 Å². The molecule has 1 N–H and O–H groups in total. The first-order valence-electron chi connectivity index (χ1n) is 3.93. The molecule has 0 aromatic carbocycles. The molecule has 0 aliphatic rings. The van der Waals surface area contributed by atoms with Crippen LogP contribution in [-0.4, -0.2) is 35.4 Å². The van der Waals surface area contributed by atoms with Gasteiger partial charge in [-0.25, -0.2) is 4.39 Å². The topological polar surface area (TPSA) is 20.2 Å². The Bertz CT molecular complexity index is 243. The summed E-state index contributed by atoms with van der Waals surface area (Å²) >= 11 is 0. The molecule has 0 saturated heterocycles. The molecule has 0 saturated carbocycles. The highest BCUT2D eigenvalue weighted by Gasteiger charge is 2.76. The lowest BCUT2D eigenvalue weighted by molar-refractivity contribution is -0.349. The lowest BCUT2D eigenvalue weighted by Crippen LogP contribution is -2.61. The number of alkyl halides is 8. The predicted octanol–water partition coefficient (Wildman–Crippen LogP) is 2.93. The van der Waals surface area contributed by atoms with Crippen molar-refractivity contribution in [2.45, 2.75) is 37.0 Å². The minimum Gasteiger partial charge on any atom is -0.396 e. The molecule has 0 fully saturated rings. The Kier molecular flexibility index (Phi) is 3.86. The van der Waals surface area contributed by atoms with Gasteiger partial charge in [0.25, 0.3) is 5.67 Å². The van der Waals surface area contributed by atoms with Crippen LogP contribution >= 0.6 is 0 Å². The average molecular weight is 260 g/mol. The minimum absolute atomic E-state index is 0.668. The Balaban J connectivity index is 5.34. The van der Waals surface area contributed by atoms with E-state index in [4.69, 9.17) is 5.11 Å². The number of hydrogen-bond donors (Lipinski definition) is 1. The molecule has 1 atom stereocenters. The predicted molar refractivity (Wildman–Crippen MR) is 37.2 cm³/mol. The third kappa shape index (κ3) is 2.23. The molecule has 98 valence electrons. The van der Waals surface area contributed by atoms with E-state index >= 15 is 0 Å². The van der Waals surface area contributed by atoms with E-state index < -0.39 is 43.6 Å². The van der Waals surface area contributed by atoms with Gasteiger partial charge in [-0.1, -0.05) is 0 Å². The summed E-state index contributed by atoms with van der Waals surface area (Å²) in [6.07, 6.45) is -8.11. The van der Waals surface area contributed by atoms with E-state index in [9.17, 15) is 35.1 Å². The molecule has 0 aliphatic carbocycles. The van der Waals surface area contributed by atoms with Crippen LogP contribution in [0.1, 0.15) is 13.3 Å². The van der Waals surface area contributed by atoms with Crippen molar-refractivity contribution < 1.29 is 40.2 Å². The van der Waals surface area contributed by atoms with Crippen molar-refractivity contribution in [3.63, 3.8) is 0 Å². The minimum atomic E-state index is -6.14. The molecule has 0 heterocycles. The number of halogens is 8. The molecule has 1 unspecified atom stereocenters. The molecule has 0 radical (unpaired) electrons. The Morgan fingerprint density at radius 3 is 1.50 bits per heavy atom. The van der Waals surface area contributed by atoms with Gasteiger partial charge in [-0.15, -0.1) is 0 Å². The zero-order chi connectivity index (χ0) is 13.4. The van der Waals surface area contributed by atoms with Crippen molar-refractivity contribution in [2.24, 2.45) is 0 Å². The van der Waals surface area contributed by atoms with E-state index in [1.807, 2.05) is 0 Å². The second-order valence-corrected chi connectivity index (χ2v) is 3.25. The Morgan fingerprint density at radius 1 is 0.875 bits per heavy atom. The summed E-state index contributed by atoms with van der Waals surface area (Å²) < 4.78 is 98.9. The molecule has 9 heteroatoms. The first-order valence-corrected chi connectivity index (χ1v) is 3.93. The average Bonchev–Trinajstić information content (AvgIpc) is 2.01. The number of rotatable bonds is 4. The summed E-state index contributed by atoms with van der Waals surface area (Å²) in [7, 11) is 0. The van der Waals surface area contributed by atoms with Crippen molar-refractivity contribution in [3.05, 3.63) is 0 Å². The Morgan fingerprint density at radius 2 is 1.25 bits per heavy atom. The molecule has 0 spiro atoms. The quantitative estimate of drug-likeness (QED) is 0.770. The molecule has 0 rings (SSSR count). The highest BCUT2D eigenvalue weighted by Crippen LogP contribution is 2.52. The maximum absolute atomic E-state index is 12.8. The van der Waals surface area contributed by atoms with Crippen LogP contribution < -0.4 is 0 Å². The number of hydrogen-bond acceptors (Lipinski definition) is 1. The molecule has 0 bridgehead atoms. The van der Waals surface area contributed by atoms with Crippen molar-refractivity contribution in [2.75, 3.05) is 6.61 Å². The molecular formula is C7H8F8O. The van der Waals surface area contributed by atoms with Crippen LogP contribution in [0.15, 0.2) is 0 Å². The molecular weight excluding hydrogens is 252 g/mol. The van der Waals surface area contributed by atoms with E-state index in [2.05, 4.69) is 0 Å². The summed E-state index contributed by atoms with van der Waals surface area (Å²) in [6.45, 7) is -2.16. The number of aliphatic hydroxyl groups excluding tert-OH is 1. The van der Waals surface area contributed by atoms with Crippen molar-refractivity contribution in [1.82, 2.24) is 0 Å². The van der Waals surface area contributed by atoms with E-state index in [0.29, 0.717) is 0 Å². The highest BCUT2D eigenvalue weighted by molar-refractivity contribution is 5.03. The molecule has 0 aromatic rings. The normalized spacial score (nSPS) is 18.4. The van der Waals surface area contributed by atoms with Crippen LogP contribution in [0.4, 0.5) is 35.1 Å². The molecule has 0 aromatic heterocycles. The van der Waals surface area contributed by atoms with Gasteiger partial charge in [-0.05, 0) is 6.92 Å². The van der Waals surface area contributed by atoms with Crippen LogP contribution in [0.25, 0.3) is 0 Å². The summed E-state index contributed by atoms with van der Waals surface area (Å²) in [5.41, 5.74) is -5.38. The van der Waals surface area contributed by atoms with Gasteiger partial charge in [-0.2, -0.15) is 30.7 Å². The van der Waals surface area contributed by atoms with E-state index in [-0.39, 0.29) is 0 Å². The van der Waals surface area contributed by atoms with Gasteiger partial charge in [0.15, 0.2) is 0 Å². The van der Waals surface area contributed by atoms with Gasteiger partial charge in [-0.3, -0.25) is 0 Å². The van der Waals surface area contributed by atoms with Gasteiger partial charge in [0, 0.05) is 13.0 Å². The van der Waals surface area contributed by atoms with E-state index in [1.54, 1.807) is 0 Å². The summed E-state index contributed by atoms with van der Waals surface area (Å²) in [5, 5.41) is 8.02. The monoisotopic (exact) mass is 260 g/mol. The SMILES string of the molecule is CC(F)(C(F)(F)F)C(F)(F)C(F)(F)CCO. The van der Waals surface area contributed by atoms with Crippen LogP contribution in [-0.2, 0) is 0 Å². The van der Waals surface area contributed by atoms with Gasteiger partial charge >= 0.3 is 18.0 Å². The van der Waals surface area contributed by atoms with Gasteiger partial charge < -0.3 is 5.11 Å². The van der Waals surface area contributed by atoms with Crippen LogP contribution in [0.3, 0.4) is 0 Å². The van der Waals surface area contributed by atoms with E-state index in [1.165, 1.54) is 0 Å². The van der Waals surface area contributed by atoms with Gasteiger partial charge in [0.1, 0.15) is 0 Å². The first-order chi connectivity index (χ1) is 6.81. The fourth-order valence-electron chi connectivity index (χ4n) is 0.819. The maximum Gasteiger partial charge on any atom is 0.428 e. The highest BCUT2D eigenvalue weighted by atomic mass is 19.4. The lowest BCUT2D eigenvalue weighted by Gasteiger charge is -2.36. The summed E-state index contributed by atoms with van der Waals surface area (Å²) in [6, 6.07) is 0. The van der Waals surface area contributed by atoms with Gasteiger partial charge in [0.05, 0.1) is 0 Å². The summed E-state index contributed by atoms with van der Waals surface area (Å²) in [5.74, 6) is -11.2. The van der Waals surface area contributed by atoms with Crippen LogP contribution in [0.2, 0.25) is 0 Å². The largest absolute Gasteiger partial charge is 0.428 e. The third-order valence-electron chi connectivity index (χ3n) is 2.01. The maximum atomic E-state index is 12.8. The Labute approximate surface area is 85.0 Å². The van der Waals surface area contributed by atoms with Crippen LogP contribution in [0, 0.1) is 0 Å². The lowest BCUT2D eigenvalue weighted by atomic mass is 9.92. The first kappa shape index (κ1) is 15.4. The zero-order valence-electron chi connectivity index (χ0n) is 7.89. The fourth-order valence-corrected chi connectivity index (χ4v) is 0.819. The number of aliphatic hydroxyl groups is 1. The Hall–Kier alpha value is -0.600. The molecule has 1 nitrogen and oxygen atoms in total. The van der Waals surface area contributed by atoms with Crippen LogP contribution in [0.5, 0.6) is 0 Å². The molecule has 0 aliphatic heterocycles. The van der Waals surface area contributed by atoms with Crippen molar-refractivity contribution in [1.29, 1.82) is 0 Å². The molecule has 0 amide bonds. The second kappa shape index (κ2) is 4.01. The van der Waals surface area contributed by atoms with E-state index in [0.717, 1.165) is 0 Å².